The molecule has 1 aromatic rings. The summed E-state index contributed by atoms with van der Waals surface area (Å²) < 4.78 is 9.54. The van der Waals surface area contributed by atoms with Gasteiger partial charge in [0, 0.05) is 23.8 Å². The quantitative estimate of drug-likeness (QED) is 0.415. The molecule has 0 radical (unpaired) electrons. The maximum Gasteiger partial charge on any atom is 0.513 e. The predicted octanol–water partition coefficient (Wildman–Crippen LogP) is 3.46. The van der Waals surface area contributed by atoms with E-state index in [0.717, 1.165) is 13.2 Å². The second kappa shape index (κ2) is 10.4. The summed E-state index contributed by atoms with van der Waals surface area (Å²) in [5, 5.41) is 33.1. The molecule has 1 aromatic carbocycles. The van der Waals surface area contributed by atoms with Gasteiger partial charge in [0.05, 0.1) is 28.4 Å². The van der Waals surface area contributed by atoms with E-state index in [0.29, 0.717) is 5.70 Å². The lowest BCUT2D eigenvalue weighted by Gasteiger charge is -2.26. The molecule has 0 aliphatic carbocycles. The molecule has 11 nitrogen and oxygen atoms in total. The monoisotopic (exact) mass is 429 g/mol. The highest BCUT2D eigenvalue weighted by molar-refractivity contribution is 6.31. The van der Waals surface area contributed by atoms with Gasteiger partial charge < -0.3 is 19.9 Å². The normalized spacial score (nSPS) is 15.7. The van der Waals surface area contributed by atoms with Crippen molar-refractivity contribution in [2.75, 3.05) is 13.7 Å². The number of carbonyl (C=O) groups excluding carboxylic acids is 1. The minimum atomic E-state index is -1.24. The number of nitro groups is 2. The standard InChI is InChI=1S/C15H14ClN3O7.C2H6O/c1-7-13(19(23)24)12(14(8(2)17-7)26-15(20)25-3)10-6-9(18(21)22)4-5-11(10)16;1-2-3/h4-6,12,17H,1-3H3;3H,2H2,1H3. The molecular formula is C17H20ClN3O8. The zero-order valence-corrected chi connectivity index (χ0v) is 16.8. The highest BCUT2D eigenvalue weighted by Crippen LogP contribution is 2.42. The Balaban J connectivity index is 0.00000132. The average Bonchev–Trinajstić information content (AvgIpc) is 2.64. The summed E-state index contributed by atoms with van der Waals surface area (Å²) in [6.45, 7) is 4.94. The summed E-state index contributed by atoms with van der Waals surface area (Å²) in [7, 11) is 1.08. The van der Waals surface area contributed by atoms with Crippen LogP contribution in [-0.4, -0.2) is 34.8 Å². The number of hydrogen-bond donors (Lipinski definition) is 2. The topological polar surface area (TPSA) is 154 Å². The first-order valence-corrected chi connectivity index (χ1v) is 8.60. The molecule has 1 unspecified atom stereocenters. The number of allylic oxidation sites excluding steroid dienone is 2. The summed E-state index contributed by atoms with van der Waals surface area (Å²) in [4.78, 5) is 33.0. The molecule has 1 heterocycles. The van der Waals surface area contributed by atoms with E-state index < -0.39 is 21.9 Å². The highest BCUT2D eigenvalue weighted by atomic mass is 35.5. The van der Waals surface area contributed by atoms with Crippen molar-refractivity contribution in [3.63, 3.8) is 0 Å². The van der Waals surface area contributed by atoms with E-state index in [4.69, 9.17) is 21.4 Å². The maximum atomic E-state index is 11.6. The van der Waals surface area contributed by atoms with Crippen molar-refractivity contribution in [3.8, 4) is 0 Å². The number of benzene rings is 1. The Labute approximate surface area is 170 Å². The largest absolute Gasteiger partial charge is 0.513 e. The molecule has 2 rings (SSSR count). The Kier molecular flexibility index (Phi) is 8.55. The van der Waals surface area contributed by atoms with Crippen LogP contribution in [-0.2, 0) is 9.47 Å². The lowest BCUT2D eigenvalue weighted by Crippen LogP contribution is -2.30. The van der Waals surface area contributed by atoms with E-state index in [2.05, 4.69) is 10.1 Å². The lowest BCUT2D eigenvalue weighted by molar-refractivity contribution is -0.431. The summed E-state index contributed by atoms with van der Waals surface area (Å²) in [5.41, 5.74) is -0.0923. The number of halogens is 1. The number of dihydropyridines is 1. The molecule has 0 spiro atoms. The molecule has 158 valence electrons. The van der Waals surface area contributed by atoms with Crippen LogP contribution < -0.4 is 5.32 Å². The molecule has 1 atom stereocenters. The SMILES string of the molecule is CCO.COC(=O)OC1=C(C)NC(C)=C([N+](=O)[O-])C1c1cc([N+](=O)[O-])ccc1Cl. The predicted molar refractivity (Wildman–Crippen MR) is 103 cm³/mol. The molecule has 0 saturated carbocycles. The molecule has 0 amide bonds. The second-order valence-electron chi connectivity index (χ2n) is 5.65. The van der Waals surface area contributed by atoms with Gasteiger partial charge in [-0.25, -0.2) is 4.79 Å². The summed E-state index contributed by atoms with van der Waals surface area (Å²) in [6.07, 6.45) is -1.09. The van der Waals surface area contributed by atoms with E-state index in [1.807, 2.05) is 0 Å². The summed E-state index contributed by atoms with van der Waals surface area (Å²) >= 11 is 6.15. The molecule has 1 aliphatic rings. The molecule has 0 aromatic heterocycles. The van der Waals surface area contributed by atoms with Crippen LogP contribution in [0.2, 0.25) is 5.02 Å². The number of nitrogens with one attached hydrogen (secondary N) is 1. The number of nitrogens with zero attached hydrogens (tertiary/aromatic N) is 2. The molecule has 0 saturated heterocycles. The Morgan fingerprint density at radius 1 is 1.24 bits per heavy atom. The highest BCUT2D eigenvalue weighted by Gasteiger charge is 2.41. The van der Waals surface area contributed by atoms with Crippen molar-refractivity contribution >= 4 is 23.4 Å². The van der Waals surface area contributed by atoms with Crippen LogP contribution in [0.3, 0.4) is 0 Å². The van der Waals surface area contributed by atoms with Gasteiger partial charge in [0.2, 0.25) is 0 Å². The van der Waals surface area contributed by atoms with Crippen molar-refractivity contribution in [2.24, 2.45) is 0 Å². The Morgan fingerprint density at radius 3 is 2.31 bits per heavy atom. The first-order valence-electron chi connectivity index (χ1n) is 8.22. The zero-order valence-electron chi connectivity index (χ0n) is 16.1. The third kappa shape index (κ3) is 5.65. The number of hydrogen-bond acceptors (Lipinski definition) is 9. The van der Waals surface area contributed by atoms with Gasteiger partial charge in [-0.05, 0) is 32.4 Å². The van der Waals surface area contributed by atoms with Crippen molar-refractivity contribution in [2.45, 2.75) is 26.7 Å². The van der Waals surface area contributed by atoms with Crippen LogP contribution in [0.1, 0.15) is 32.3 Å². The average molecular weight is 430 g/mol. The Morgan fingerprint density at radius 2 is 1.83 bits per heavy atom. The van der Waals surface area contributed by atoms with Crippen LogP contribution in [0.4, 0.5) is 10.5 Å². The van der Waals surface area contributed by atoms with Crippen LogP contribution >= 0.6 is 11.6 Å². The van der Waals surface area contributed by atoms with Crippen LogP contribution in [0.15, 0.2) is 41.0 Å². The minimum Gasteiger partial charge on any atom is -0.437 e. The molecule has 0 bridgehead atoms. The smallest absolute Gasteiger partial charge is 0.437 e. The van der Waals surface area contributed by atoms with E-state index in [9.17, 15) is 25.0 Å². The number of non-ortho nitro benzene ring substituents is 1. The van der Waals surface area contributed by atoms with Gasteiger partial charge in [-0.1, -0.05) is 11.6 Å². The van der Waals surface area contributed by atoms with E-state index in [1.54, 1.807) is 6.92 Å². The summed E-state index contributed by atoms with van der Waals surface area (Å²) in [5.74, 6) is -1.37. The molecule has 2 N–H and O–H groups in total. The zero-order chi connectivity index (χ0) is 22.3. The van der Waals surface area contributed by atoms with Gasteiger partial charge in [0.15, 0.2) is 0 Å². The van der Waals surface area contributed by atoms with Crippen LogP contribution in [0, 0.1) is 20.2 Å². The first kappa shape index (κ1) is 23.9. The van der Waals surface area contributed by atoms with E-state index in [-0.39, 0.29) is 40.0 Å². The number of ether oxygens (including phenoxy) is 2. The number of aliphatic hydroxyl groups excluding tert-OH is 1. The van der Waals surface area contributed by atoms with Crippen LogP contribution in [0.5, 0.6) is 0 Å². The Hall–Kier alpha value is -3.18. The van der Waals surface area contributed by atoms with E-state index >= 15 is 0 Å². The van der Waals surface area contributed by atoms with Gasteiger partial charge in [-0.15, -0.1) is 0 Å². The number of carbonyl (C=O) groups is 1. The van der Waals surface area contributed by atoms with Gasteiger partial charge in [-0.2, -0.15) is 0 Å². The number of nitro benzene ring substituents is 1. The minimum absolute atomic E-state index is 0.0495. The van der Waals surface area contributed by atoms with Gasteiger partial charge in [0.25, 0.3) is 11.4 Å². The Bertz CT molecular complexity index is 881. The second-order valence-corrected chi connectivity index (χ2v) is 6.06. The molecule has 29 heavy (non-hydrogen) atoms. The van der Waals surface area contributed by atoms with Crippen molar-refractivity contribution in [3.05, 3.63) is 71.9 Å². The van der Waals surface area contributed by atoms with Crippen molar-refractivity contribution in [1.29, 1.82) is 0 Å². The fourth-order valence-corrected chi connectivity index (χ4v) is 2.85. The summed E-state index contributed by atoms with van der Waals surface area (Å²) in [6, 6.07) is 3.55. The third-order valence-corrected chi connectivity index (χ3v) is 4.07. The molecule has 0 fully saturated rings. The molecular weight excluding hydrogens is 410 g/mol. The van der Waals surface area contributed by atoms with Crippen molar-refractivity contribution in [1.82, 2.24) is 5.32 Å². The molecule has 1 aliphatic heterocycles. The number of aliphatic hydroxyl groups is 1. The van der Waals surface area contributed by atoms with Gasteiger partial charge in [0.1, 0.15) is 11.7 Å². The first-order chi connectivity index (χ1) is 13.6. The number of rotatable bonds is 4. The van der Waals surface area contributed by atoms with Gasteiger partial charge in [-0.3, -0.25) is 20.2 Å². The lowest BCUT2D eigenvalue weighted by atomic mass is 9.89. The van der Waals surface area contributed by atoms with Crippen LogP contribution in [0.25, 0.3) is 0 Å². The van der Waals surface area contributed by atoms with Crippen molar-refractivity contribution < 1.29 is 29.2 Å². The molecule has 12 heteroatoms. The van der Waals surface area contributed by atoms with E-state index in [1.165, 1.54) is 26.0 Å². The van der Waals surface area contributed by atoms with Gasteiger partial charge >= 0.3 is 6.16 Å². The maximum absolute atomic E-state index is 11.6. The third-order valence-electron chi connectivity index (χ3n) is 3.72. The fraction of sp³-hybridized carbons (Fsp3) is 0.353. The fourth-order valence-electron chi connectivity index (χ4n) is 2.63. The number of methoxy groups -OCH3 is 1.